The minimum Gasteiger partial charge on any atom is -0.291 e. The summed E-state index contributed by atoms with van der Waals surface area (Å²) in [6.45, 7) is 0. The molecule has 0 spiro atoms. The third-order valence-electron chi connectivity index (χ3n) is 3.37. The lowest BCUT2D eigenvalue weighted by Gasteiger charge is -2.07. The van der Waals surface area contributed by atoms with Gasteiger partial charge in [0.2, 0.25) is 0 Å². The van der Waals surface area contributed by atoms with Crippen LogP contribution in [0.1, 0.15) is 10.5 Å². The molecule has 116 valence electrons. The molecule has 0 aliphatic heterocycles. The number of carbonyl (C=O) groups is 1. The maximum Gasteiger partial charge on any atom is 0.193 e. The molecule has 0 atom stereocenters. The van der Waals surface area contributed by atoms with Gasteiger partial charge in [-0.3, -0.25) is 4.79 Å². The van der Waals surface area contributed by atoms with Crippen LogP contribution in [0.3, 0.4) is 0 Å². The van der Waals surface area contributed by atoms with E-state index in [4.69, 9.17) is 0 Å². The number of hydrogen-bond donors (Lipinski definition) is 0. The second-order valence-electron chi connectivity index (χ2n) is 4.80. The van der Waals surface area contributed by atoms with Gasteiger partial charge >= 0.3 is 0 Å². The van der Waals surface area contributed by atoms with Crippen LogP contribution in [0.25, 0.3) is 17.1 Å². The van der Waals surface area contributed by atoms with E-state index in [9.17, 15) is 4.79 Å². The van der Waals surface area contributed by atoms with Gasteiger partial charge in [-0.15, -0.1) is 11.8 Å². The van der Waals surface area contributed by atoms with Crippen molar-refractivity contribution in [3.05, 3.63) is 60.4 Å². The van der Waals surface area contributed by atoms with E-state index < -0.39 is 0 Å². The first-order chi connectivity index (χ1) is 11.2. The highest BCUT2D eigenvalue weighted by Gasteiger charge is 2.16. The molecule has 6 heteroatoms. The molecule has 0 saturated heterocycles. The molecule has 0 amide bonds. The molecule has 0 bridgehead atoms. The quantitative estimate of drug-likeness (QED) is 0.373. The third kappa shape index (κ3) is 3.38. The van der Waals surface area contributed by atoms with Gasteiger partial charge in [-0.05, 0) is 36.6 Å². The van der Waals surface area contributed by atoms with Crippen LogP contribution in [0.5, 0.6) is 0 Å². The molecule has 0 aliphatic carbocycles. The Morgan fingerprint density at radius 2 is 2.00 bits per heavy atom. The van der Waals surface area contributed by atoms with Gasteiger partial charge in [-0.25, -0.2) is 9.67 Å². The van der Waals surface area contributed by atoms with Gasteiger partial charge in [-0.1, -0.05) is 34.1 Å². The summed E-state index contributed by atoms with van der Waals surface area (Å²) < 4.78 is 1.71. The molecule has 4 nitrogen and oxygen atoms in total. The molecule has 3 aromatic rings. The normalized spacial score (nSPS) is 10.7. The van der Waals surface area contributed by atoms with Crippen molar-refractivity contribution >= 4 is 33.5 Å². The highest BCUT2D eigenvalue weighted by Crippen LogP contribution is 2.26. The van der Waals surface area contributed by atoms with Crippen molar-refractivity contribution in [1.82, 2.24) is 14.8 Å². The summed E-state index contributed by atoms with van der Waals surface area (Å²) in [5, 5.41) is 4.69. The van der Waals surface area contributed by atoms with Crippen molar-refractivity contribution in [1.29, 1.82) is 0 Å². The van der Waals surface area contributed by atoms with E-state index >= 15 is 0 Å². The number of benzene rings is 1. The standard InChI is InChI=1S/C17H14BrN3OS/c1-23-13-7-5-12(6-8-13)15-10-14(16(22)11-18)20-21(15)17-4-2-3-9-19-17/h2-10H,11H2,1H3. The number of rotatable bonds is 5. The predicted octanol–water partition coefficient (Wildman–Crippen LogP) is 4.23. The Bertz CT molecular complexity index is 816. The molecular formula is C17H14BrN3OS. The zero-order valence-corrected chi connectivity index (χ0v) is 14.8. The largest absolute Gasteiger partial charge is 0.291 e. The first-order valence-corrected chi connectivity index (χ1v) is 9.32. The molecule has 0 N–H and O–H groups in total. The van der Waals surface area contributed by atoms with Gasteiger partial charge < -0.3 is 0 Å². The van der Waals surface area contributed by atoms with Gasteiger partial charge in [0.05, 0.1) is 11.0 Å². The Hall–Kier alpha value is -1.92. The van der Waals surface area contributed by atoms with Crippen molar-refractivity contribution in [2.45, 2.75) is 4.90 Å². The van der Waals surface area contributed by atoms with Gasteiger partial charge in [0, 0.05) is 16.7 Å². The Morgan fingerprint density at radius 3 is 2.61 bits per heavy atom. The molecule has 23 heavy (non-hydrogen) atoms. The minimum atomic E-state index is -0.0540. The molecule has 0 aliphatic rings. The lowest BCUT2D eigenvalue weighted by Crippen LogP contribution is -2.05. The van der Waals surface area contributed by atoms with Crippen LogP contribution in [0.2, 0.25) is 0 Å². The van der Waals surface area contributed by atoms with Crippen LogP contribution in [0, 0.1) is 0 Å². The molecule has 1 aromatic carbocycles. The van der Waals surface area contributed by atoms with Crippen LogP contribution in [0.4, 0.5) is 0 Å². The number of aromatic nitrogens is 3. The number of alkyl halides is 1. The molecule has 2 heterocycles. The molecule has 0 fully saturated rings. The monoisotopic (exact) mass is 387 g/mol. The number of nitrogens with zero attached hydrogens (tertiary/aromatic N) is 3. The smallest absolute Gasteiger partial charge is 0.193 e. The number of Topliss-reactive ketones (excluding diaryl/α,β-unsaturated/α-hetero) is 1. The lowest BCUT2D eigenvalue weighted by atomic mass is 10.1. The summed E-state index contributed by atoms with van der Waals surface area (Å²) in [4.78, 5) is 17.5. The summed E-state index contributed by atoms with van der Waals surface area (Å²) >= 11 is 4.89. The Balaban J connectivity index is 2.13. The topological polar surface area (TPSA) is 47.8 Å². The predicted molar refractivity (Wildman–Crippen MR) is 96.7 cm³/mol. The summed E-state index contributed by atoms with van der Waals surface area (Å²) in [5.41, 5.74) is 2.27. The van der Waals surface area contributed by atoms with Crippen LogP contribution in [0.15, 0.2) is 59.6 Å². The van der Waals surface area contributed by atoms with Crippen LogP contribution in [-0.4, -0.2) is 32.1 Å². The SMILES string of the molecule is CSc1ccc(-c2cc(C(=O)CBr)nn2-c2ccccn2)cc1. The van der Waals surface area contributed by atoms with Crippen LogP contribution < -0.4 is 0 Å². The van der Waals surface area contributed by atoms with E-state index in [1.807, 2.05) is 42.7 Å². The zero-order chi connectivity index (χ0) is 16.2. The number of thioether (sulfide) groups is 1. The fourth-order valence-electron chi connectivity index (χ4n) is 2.21. The van der Waals surface area contributed by atoms with Crippen molar-refractivity contribution < 1.29 is 4.79 Å². The maximum absolute atomic E-state index is 12.0. The first-order valence-electron chi connectivity index (χ1n) is 6.98. The van der Waals surface area contributed by atoms with Gasteiger partial charge in [0.1, 0.15) is 5.69 Å². The van der Waals surface area contributed by atoms with E-state index in [0.29, 0.717) is 11.5 Å². The average Bonchev–Trinajstić information content (AvgIpc) is 3.07. The maximum atomic E-state index is 12.0. The van der Waals surface area contributed by atoms with Crippen molar-refractivity contribution in [3.63, 3.8) is 0 Å². The second-order valence-corrected chi connectivity index (χ2v) is 6.24. The zero-order valence-electron chi connectivity index (χ0n) is 12.4. The van der Waals surface area contributed by atoms with Crippen LogP contribution >= 0.6 is 27.7 Å². The highest BCUT2D eigenvalue weighted by molar-refractivity contribution is 9.09. The minimum absolute atomic E-state index is 0.0540. The van der Waals surface area contributed by atoms with Gasteiger partial charge in [-0.2, -0.15) is 5.10 Å². The fourth-order valence-corrected chi connectivity index (χ4v) is 2.90. The fraction of sp³-hybridized carbons (Fsp3) is 0.118. The molecule has 0 unspecified atom stereocenters. The number of hydrogen-bond acceptors (Lipinski definition) is 4. The Morgan fingerprint density at radius 1 is 1.22 bits per heavy atom. The van der Waals surface area contributed by atoms with E-state index in [-0.39, 0.29) is 11.1 Å². The van der Waals surface area contributed by atoms with E-state index in [0.717, 1.165) is 11.3 Å². The van der Waals surface area contributed by atoms with Crippen molar-refractivity contribution in [2.75, 3.05) is 11.6 Å². The summed E-state index contributed by atoms with van der Waals surface area (Å²) in [5.74, 6) is 0.631. The lowest BCUT2D eigenvalue weighted by molar-refractivity contribution is 0.101. The average molecular weight is 388 g/mol. The molecular weight excluding hydrogens is 374 g/mol. The third-order valence-corrected chi connectivity index (χ3v) is 4.62. The number of pyridine rings is 1. The van der Waals surface area contributed by atoms with Crippen molar-refractivity contribution in [2.24, 2.45) is 0 Å². The van der Waals surface area contributed by atoms with Crippen LogP contribution in [-0.2, 0) is 0 Å². The molecule has 3 rings (SSSR count). The van der Waals surface area contributed by atoms with Crippen molar-refractivity contribution in [3.8, 4) is 17.1 Å². The molecule has 2 aromatic heterocycles. The Labute approximate surface area is 147 Å². The number of halogens is 1. The van der Waals surface area contributed by atoms with E-state index in [1.54, 1.807) is 22.6 Å². The number of carbonyl (C=O) groups excluding carboxylic acids is 1. The summed E-state index contributed by atoms with van der Waals surface area (Å²) in [7, 11) is 0. The molecule has 0 saturated carbocycles. The second kappa shape index (κ2) is 7.10. The Kier molecular flexibility index (Phi) is 4.93. The van der Waals surface area contributed by atoms with E-state index in [2.05, 4.69) is 38.1 Å². The van der Waals surface area contributed by atoms with E-state index in [1.165, 1.54) is 4.90 Å². The highest BCUT2D eigenvalue weighted by atomic mass is 79.9. The first kappa shape index (κ1) is 16.0. The molecule has 0 radical (unpaired) electrons. The van der Waals surface area contributed by atoms with Gasteiger partial charge in [0.15, 0.2) is 11.6 Å². The summed E-state index contributed by atoms with van der Waals surface area (Å²) in [6, 6.07) is 15.6. The van der Waals surface area contributed by atoms with Gasteiger partial charge in [0.25, 0.3) is 0 Å². The number of ketones is 1. The summed E-state index contributed by atoms with van der Waals surface area (Å²) in [6.07, 6.45) is 3.75.